The van der Waals surface area contributed by atoms with E-state index in [1.807, 2.05) is 0 Å². The van der Waals surface area contributed by atoms with Crippen LogP contribution in [0.5, 0.6) is 0 Å². The molecule has 0 saturated heterocycles. The molecular formula is C19H40N2O2Si. The van der Waals surface area contributed by atoms with Crippen LogP contribution in [-0.4, -0.2) is 33.4 Å². The van der Waals surface area contributed by atoms with Crippen molar-refractivity contribution in [2.24, 2.45) is 11.7 Å². The minimum atomic E-state index is -1.84. The molecule has 0 spiro atoms. The zero-order valence-corrected chi connectivity index (χ0v) is 17.6. The Morgan fingerprint density at radius 2 is 1.83 bits per heavy atom. The predicted molar refractivity (Wildman–Crippen MR) is 105 cm³/mol. The molecular weight excluding hydrogens is 316 g/mol. The quantitative estimate of drug-likeness (QED) is 0.480. The van der Waals surface area contributed by atoms with Crippen LogP contribution >= 0.6 is 0 Å². The SMILES string of the molecule is CC(C)(C)[Si](C)(C)OC[C@H](N)C(=O)NCCCCC1CCCCC1. The Balaban J connectivity index is 2.13. The van der Waals surface area contributed by atoms with Gasteiger partial charge in [0.05, 0.1) is 6.61 Å². The maximum absolute atomic E-state index is 12.1. The van der Waals surface area contributed by atoms with E-state index in [0.717, 1.165) is 18.9 Å². The summed E-state index contributed by atoms with van der Waals surface area (Å²) in [5.74, 6) is 0.848. The maximum atomic E-state index is 12.1. The molecule has 0 radical (unpaired) electrons. The Morgan fingerprint density at radius 1 is 1.21 bits per heavy atom. The van der Waals surface area contributed by atoms with E-state index in [2.05, 4.69) is 39.2 Å². The van der Waals surface area contributed by atoms with Crippen LogP contribution in [0.2, 0.25) is 18.1 Å². The number of carbonyl (C=O) groups is 1. The molecule has 0 aliphatic heterocycles. The lowest BCUT2D eigenvalue weighted by Gasteiger charge is -2.36. The first-order chi connectivity index (χ1) is 11.1. The predicted octanol–water partition coefficient (Wildman–Crippen LogP) is 4.20. The first kappa shape index (κ1) is 21.6. The normalized spacial score (nSPS) is 18.4. The second-order valence-corrected chi connectivity index (χ2v) is 13.8. The summed E-state index contributed by atoms with van der Waals surface area (Å²) in [7, 11) is -1.84. The van der Waals surface area contributed by atoms with E-state index >= 15 is 0 Å². The molecule has 4 nitrogen and oxygen atoms in total. The van der Waals surface area contributed by atoms with Crippen molar-refractivity contribution in [3.8, 4) is 0 Å². The summed E-state index contributed by atoms with van der Waals surface area (Å²) in [5, 5.41) is 3.11. The smallest absolute Gasteiger partial charge is 0.239 e. The van der Waals surface area contributed by atoms with Crippen LogP contribution in [0.4, 0.5) is 0 Å². The molecule has 0 aromatic rings. The Morgan fingerprint density at radius 3 is 2.42 bits per heavy atom. The molecule has 1 aliphatic rings. The van der Waals surface area contributed by atoms with Gasteiger partial charge in [-0.05, 0) is 30.5 Å². The van der Waals surface area contributed by atoms with Gasteiger partial charge in [0.1, 0.15) is 6.04 Å². The Kier molecular flexibility index (Phi) is 8.95. The van der Waals surface area contributed by atoms with Crippen molar-refractivity contribution in [2.45, 2.75) is 96.3 Å². The standard InChI is InChI=1S/C19H40N2O2Si/c1-19(2,3)24(4,5)23-15-17(20)18(22)21-14-10-9-13-16-11-7-6-8-12-16/h16-17H,6-15,20H2,1-5H3,(H,21,22)/t17-/m0/s1. The number of unbranched alkanes of at least 4 members (excludes halogenated alkanes) is 1. The largest absolute Gasteiger partial charge is 0.415 e. The summed E-state index contributed by atoms with van der Waals surface area (Å²) >= 11 is 0. The highest BCUT2D eigenvalue weighted by molar-refractivity contribution is 6.74. The highest BCUT2D eigenvalue weighted by atomic mass is 28.4. The molecule has 0 heterocycles. The lowest BCUT2D eigenvalue weighted by Crippen LogP contribution is -2.49. The second kappa shape index (κ2) is 9.93. The molecule has 0 aromatic carbocycles. The fraction of sp³-hybridized carbons (Fsp3) is 0.947. The molecule has 1 amide bonds. The third-order valence-electron chi connectivity index (χ3n) is 5.83. The lowest BCUT2D eigenvalue weighted by molar-refractivity contribution is -0.123. The van der Waals surface area contributed by atoms with Crippen LogP contribution in [0.25, 0.3) is 0 Å². The fourth-order valence-electron chi connectivity index (χ4n) is 2.97. The fourth-order valence-corrected chi connectivity index (χ4v) is 4.00. The van der Waals surface area contributed by atoms with E-state index in [0.29, 0.717) is 6.61 Å². The van der Waals surface area contributed by atoms with Crippen LogP contribution < -0.4 is 11.1 Å². The number of nitrogens with one attached hydrogen (secondary N) is 1. The van der Waals surface area contributed by atoms with Gasteiger partial charge in [0, 0.05) is 6.54 Å². The minimum Gasteiger partial charge on any atom is -0.415 e. The van der Waals surface area contributed by atoms with Crippen molar-refractivity contribution in [2.75, 3.05) is 13.2 Å². The molecule has 1 atom stereocenters. The van der Waals surface area contributed by atoms with E-state index < -0.39 is 14.4 Å². The molecule has 1 rings (SSSR count). The third-order valence-corrected chi connectivity index (χ3v) is 10.3. The third kappa shape index (κ3) is 7.66. The van der Waals surface area contributed by atoms with Crippen molar-refractivity contribution in [1.82, 2.24) is 5.32 Å². The van der Waals surface area contributed by atoms with E-state index in [9.17, 15) is 4.79 Å². The van der Waals surface area contributed by atoms with Crippen LogP contribution in [-0.2, 0) is 9.22 Å². The van der Waals surface area contributed by atoms with Crippen molar-refractivity contribution < 1.29 is 9.22 Å². The average molecular weight is 357 g/mol. The Hall–Kier alpha value is -0.393. The van der Waals surface area contributed by atoms with Gasteiger partial charge in [-0.15, -0.1) is 0 Å². The summed E-state index contributed by atoms with van der Waals surface area (Å²) < 4.78 is 6.04. The summed E-state index contributed by atoms with van der Waals surface area (Å²) in [4.78, 5) is 12.1. The van der Waals surface area contributed by atoms with Gasteiger partial charge in [-0.2, -0.15) is 0 Å². The first-order valence-corrected chi connectivity index (χ1v) is 12.7. The van der Waals surface area contributed by atoms with Gasteiger partial charge in [-0.1, -0.05) is 65.7 Å². The van der Waals surface area contributed by atoms with Gasteiger partial charge in [-0.25, -0.2) is 0 Å². The highest BCUT2D eigenvalue weighted by Crippen LogP contribution is 2.36. The number of carbonyl (C=O) groups excluding carboxylic acids is 1. The number of nitrogens with two attached hydrogens (primary N) is 1. The molecule has 3 N–H and O–H groups in total. The van der Waals surface area contributed by atoms with Crippen molar-refractivity contribution in [3.05, 3.63) is 0 Å². The number of hydrogen-bond acceptors (Lipinski definition) is 3. The molecule has 1 saturated carbocycles. The van der Waals surface area contributed by atoms with Gasteiger partial charge in [0.25, 0.3) is 0 Å². The van der Waals surface area contributed by atoms with Crippen molar-refractivity contribution in [1.29, 1.82) is 0 Å². The summed E-state index contributed by atoms with van der Waals surface area (Å²) in [6.45, 7) is 12.0. The van der Waals surface area contributed by atoms with E-state index in [-0.39, 0.29) is 10.9 Å². The molecule has 1 fully saturated rings. The van der Waals surface area contributed by atoms with Crippen LogP contribution in [0.1, 0.15) is 72.1 Å². The number of rotatable bonds is 9. The van der Waals surface area contributed by atoms with Crippen LogP contribution in [0, 0.1) is 5.92 Å². The van der Waals surface area contributed by atoms with Crippen molar-refractivity contribution in [3.63, 3.8) is 0 Å². The zero-order chi connectivity index (χ0) is 18.2. The minimum absolute atomic E-state index is 0.0774. The zero-order valence-electron chi connectivity index (χ0n) is 16.6. The second-order valence-electron chi connectivity index (χ2n) is 8.97. The Bertz CT molecular complexity index is 374. The molecule has 0 bridgehead atoms. The summed E-state index contributed by atoms with van der Waals surface area (Å²) in [6, 6.07) is -0.558. The van der Waals surface area contributed by atoms with Gasteiger partial charge in [-0.3, -0.25) is 4.79 Å². The van der Waals surface area contributed by atoms with Gasteiger partial charge < -0.3 is 15.5 Å². The highest BCUT2D eigenvalue weighted by Gasteiger charge is 2.37. The summed E-state index contributed by atoms with van der Waals surface area (Å²) in [5.41, 5.74) is 5.98. The molecule has 1 aliphatic carbocycles. The molecule has 5 heteroatoms. The molecule has 0 aromatic heterocycles. The van der Waals surface area contributed by atoms with E-state index in [1.54, 1.807) is 0 Å². The van der Waals surface area contributed by atoms with Crippen LogP contribution in [0.15, 0.2) is 0 Å². The van der Waals surface area contributed by atoms with Gasteiger partial charge >= 0.3 is 0 Å². The van der Waals surface area contributed by atoms with E-state index in [1.165, 1.54) is 44.9 Å². The van der Waals surface area contributed by atoms with Crippen LogP contribution in [0.3, 0.4) is 0 Å². The number of amides is 1. The average Bonchev–Trinajstić information content (AvgIpc) is 2.52. The maximum Gasteiger partial charge on any atom is 0.239 e. The topological polar surface area (TPSA) is 64.3 Å². The monoisotopic (exact) mass is 356 g/mol. The van der Waals surface area contributed by atoms with E-state index in [4.69, 9.17) is 10.2 Å². The molecule has 142 valence electrons. The van der Waals surface area contributed by atoms with Gasteiger partial charge in [0.15, 0.2) is 8.32 Å². The summed E-state index contributed by atoms with van der Waals surface area (Å²) in [6.07, 6.45) is 10.6. The first-order valence-electron chi connectivity index (χ1n) is 9.81. The lowest BCUT2D eigenvalue weighted by atomic mass is 9.86. The van der Waals surface area contributed by atoms with Crippen molar-refractivity contribution >= 4 is 14.2 Å². The Labute approximate surface area is 150 Å². The number of hydrogen-bond donors (Lipinski definition) is 2. The molecule has 0 unspecified atom stereocenters. The van der Waals surface area contributed by atoms with Gasteiger partial charge in [0.2, 0.25) is 5.91 Å². The molecule has 24 heavy (non-hydrogen) atoms.